The molecule has 0 aliphatic carbocycles. The van der Waals surface area contributed by atoms with Gasteiger partial charge >= 0.3 is 0 Å². The maximum atomic E-state index is 9.19. The summed E-state index contributed by atoms with van der Waals surface area (Å²) in [5, 5.41) is 16.8. The van der Waals surface area contributed by atoms with Gasteiger partial charge in [-0.3, -0.25) is 4.90 Å². The highest BCUT2D eigenvalue weighted by atomic mass is 35.5. The van der Waals surface area contributed by atoms with E-state index in [1.165, 1.54) is 6.42 Å². The van der Waals surface area contributed by atoms with Crippen LogP contribution in [0.2, 0.25) is 10.0 Å². The Hall–Kier alpha value is -2.53. The van der Waals surface area contributed by atoms with Crippen molar-refractivity contribution in [3.05, 3.63) is 45.9 Å². The molecule has 7 nitrogen and oxygen atoms in total. The third kappa shape index (κ3) is 6.23. The monoisotopic (exact) mass is 459 g/mol. The average molecular weight is 460 g/mol. The highest BCUT2D eigenvalue weighted by molar-refractivity contribution is 6.42. The molecule has 0 bridgehead atoms. The molecule has 2 N–H and O–H groups in total. The van der Waals surface area contributed by atoms with Gasteiger partial charge in [-0.2, -0.15) is 5.26 Å². The Bertz CT molecular complexity index is 986. The van der Waals surface area contributed by atoms with E-state index in [0.717, 1.165) is 37.4 Å². The molecule has 31 heavy (non-hydrogen) atoms. The highest BCUT2D eigenvalue weighted by Gasteiger charge is 2.20. The summed E-state index contributed by atoms with van der Waals surface area (Å²) in [6, 6.07) is 9.50. The average Bonchev–Trinajstić information content (AvgIpc) is 2.75. The fourth-order valence-corrected chi connectivity index (χ4v) is 3.91. The molecule has 0 amide bonds. The summed E-state index contributed by atoms with van der Waals surface area (Å²) in [5.41, 5.74) is 1.73. The first-order chi connectivity index (χ1) is 14.9. The molecule has 0 saturated carbocycles. The zero-order chi connectivity index (χ0) is 22.4. The third-order valence-electron chi connectivity index (χ3n) is 5.25. The number of likely N-dealkylation sites (N-methyl/N-ethyl adjacent to an activating group) is 1. The van der Waals surface area contributed by atoms with E-state index in [1.54, 1.807) is 23.1 Å². The molecule has 1 atom stereocenters. The molecule has 3 rings (SSSR count). The van der Waals surface area contributed by atoms with Gasteiger partial charge in [0.1, 0.15) is 11.6 Å². The number of hydrogen-bond acceptors (Lipinski definition) is 5. The fourth-order valence-electron chi connectivity index (χ4n) is 3.61. The lowest BCUT2D eigenvalue weighted by Crippen LogP contribution is -2.42. The topological polar surface area (TPSA) is 79.6 Å². The number of rotatable bonds is 5. The van der Waals surface area contributed by atoms with E-state index in [2.05, 4.69) is 27.4 Å². The van der Waals surface area contributed by atoms with Crippen LogP contribution in [-0.2, 0) is 0 Å². The Balaban J connectivity index is 1.80. The van der Waals surface area contributed by atoms with E-state index in [9.17, 15) is 5.26 Å². The highest BCUT2D eigenvalue weighted by Crippen LogP contribution is 2.26. The normalized spacial score (nSPS) is 17.2. The number of nitriles is 1. The van der Waals surface area contributed by atoms with Crippen LogP contribution >= 0.6 is 23.2 Å². The van der Waals surface area contributed by atoms with Crippen molar-refractivity contribution in [3.8, 4) is 6.19 Å². The van der Waals surface area contributed by atoms with Crippen molar-refractivity contribution in [3.63, 3.8) is 0 Å². The van der Waals surface area contributed by atoms with Gasteiger partial charge in [0.05, 0.1) is 10.0 Å². The Kier molecular flexibility index (Phi) is 7.97. The molecule has 1 aromatic heterocycles. The fraction of sp³-hybridized carbons (Fsp3) is 0.409. The van der Waals surface area contributed by atoms with Gasteiger partial charge in [0.15, 0.2) is 0 Å². The molecular weight excluding hydrogens is 433 g/mol. The van der Waals surface area contributed by atoms with Crippen LogP contribution in [0.3, 0.4) is 0 Å². The summed E-state index contributed by atoms with van der Waals surface area (Å²) in [7, 11) is 1.81. The number of benzene rings is 1. The molecule has 0 radical (unpaired) electrons. The Morgan fingerprint density at radius 2 is 2.13 bits per heavy atom. The van der Waals surface area contributed by atoms with E-state index in [1.807, 2.05) is 32.3 Å². The van der Waals surface area contributed by atoms with Gasteiger partial charge in [0.2, 0.25) is 12.2 Å². The zero-order valence-electron chi connectivity index (χ0n) is 18.0. The first kappa shape index (κ1) is 23.1. The minimum atomic E-state index is 0.333. The van der Waals surface area contributed by atoms with Crippen molar-refractivity contribution in [2.45, 2.75) is 32.7 Å². The van der Waals surface area contributed by atoms with E-state index < -0.39 is 0 Å². The van der Waals surface area contributed by atoms with Crippen molar-refractivity contribution in [1.82, 2.24) is 9.88 Å². The number of aryl methyl sites for hydroxylation is 1. The van der Waals surface area contributed by atoms with Crippen LogP contribution < -0.4 is 15.5 Å². The van der Waals surface area contributed by atoms with E-state index in [-0.39, 0.29) is 0 Å². The van der Waals surface area contributed by atoms with E-state index in [0.29, 0.717) is 33.6 Å². The van der Waals surface area contributed by atoms with Crippen LogP contribution in [0.15, 0.2) is 35.3 Å². The molecule has 0 spiro atoms. The number of likely N-dealkylation sites (tertiary alicyclic amines) is 1. The lowest BCUT2D eigenvalue weighted by atomic mass is 10.1. The Labute approximate surface area is 193 Å². The smallest absolute Gasteiger partial charge is 0.219 e. The van der Waals surface area contributed by atoms with Crippen LogP contribution in [0, 0.1) is 18.4 Å². The molecular formula is C22H27Cl2N7. The van der Waals surface area contributed by atoms with Crippen molar-refractivity contribution in [2.24, 2.45) is 4.99 Å². The van der Waals surface area contributed by atoms with Crippen molar-refractivity contribution in [1.29, 1.82) is 5.26 Å². The number of hydrogen-bond donors (Lipinski definition) is 2. The number of pyridine rings is 1. The van der Waals surface area contributed by atoms with Crippen LogP contribution in [-0.4, -0.2) is 48.6 Å². The summed E-state index contributed by atoms with van der Waals surface area (Å²) in [5.74, 6) is 1.82. The molecule has 2 heterocycles. The Morgan fingerprint density at radius 1 is 1.32 bits per heavy atom. The van der Waals surface area contributed by atoms with E-state index in [4.69, 9.17) is 28.2 Å². The van der Waals surface area contributed by atoms with Gasteiger partial charge in [0, 0.05) is 25.3 Å². The van der Waals surface area contributed by atoms with Crippen molar-refractivity contribution >= 4 is 46.5 Å². The number of nitrogens with one attached hydrogen (secondary N) is 2. The molecule has 1 aromatic carbocycles. The number of aliphatic imine (C=N–C) groups is 1. The first-order valence-corrected chi connectivity index (χ1v) is 11.1. The van der Waals surface area contributed by atoms with Crippen LogP contribution in [0.1, 0.15) is 25.3 Å². The second-order valence-corrected chi connectivity index (χ2v) is 8.43. The minimum Gasteiger partial charge on any atom is -0.366 e. The second-order valence-electron chi connectivity index (χ2n) is 7.61. The molecule has 9 heteroatoms. The van der Waals surface area contributed by atoms with Gasteiger partial charge in [-0.25, -0.2) is 4.98 Å². The lowest BCUT2D eigenvalue weighted by molar-refractivity contribution is 0.226. The summed E-state index contributed by atoms with van der Waals surface area (Å²) in [6.07, 6.45) is 4.15. The maximum absolute atomic E-state index is 9.19. The largest absolute Gasteiger partial charge is 0.366 e. The van der Waals surface area contributed by atoms with Gasteiger partial charge < -0.3 is 15.5 Å². The number of anilines is 3. The van der Waals surface area contributed by atoms with Crippen LogP contribution in [0.25, 0.3) is 0 Å². The van der Waals surface area contributed by atoms with Crippen molar-refractivity contribution in [2.75, 3.05) is 42.2 Å². The van der Waals surface area contributed by atoms with Crippen LogP contribution in [0.5, 0.6) is 0 Å². The van der Waals surface area contributed by atoms with Gasteiger partial charge in [0.25, 0.3) is 0 Å². The van der Waals surface area contributed by atoms with Crippen LogP contribution in [0.4, 0.5) is 17.3 Å². The SMILES string of the molecule is CCN1CCCC(Nc2cc(C)cc(N(C)/C(=N\C#N)Nc3ccc(Cl)c(Cl)c3)n2)C1. The van der Waals surface area contributed by atoms with E-state index >= 15 is 0 Å². The lowest BCUT2D eigenvalue weighted by Gasteiger charge is -2.32. The number of piperidine rings is 1. The van der Waals surface area contributed by atoms with Gasteiger partial charge in [-0.15, -0.1) is 4.99 Å². The predicted octanol–water partition coefficient (Wildman–Crippen LogP) is 4.98. The molecule has 1 aliphatic rings. The summed E-state index contributed by atoms with van der Waals surface area (Å²) in [4.78, 5) is 12.9. The maximum Gasteiger partial charge on any atom is 0.219 e. The standard InChI is InChI=1S/C22H27Cl2N7/c1-4-31-9-5-6-17(13-31)27-20-10-15(2)11-21(29-20)30(3)22(26-14-25)28-16-7-8-18(23)19(24)12-16/h7-8,10-12,17H,4-6,9,13H2,1-3H3,(H,26,28)(H,27,29). The molecule has 1 fully saturated rings. The number of halogens is 2. The van der Waals surface area contributed by atoms with Gasteiger partial charge in [-0.1, -0.05) is 30.1 Å². The molecule has 164 valence electrons. The predicted molar refractivity (Wildman–Crippen MR) is 129 cm³/mol. The summed E-state index contributed by atoms with van der Waals surface area (Å²) in [6.45, 7) is 7.44. The van der Waals surface area contributed by atoms with Crippen molar-refractivity contribution < 1.29 is 0 Å². The third-order valence-corrected chi connectivity index (χ3v) is 5.99. The second kappa shape index (κ2) is 10.7. The first-order valence-electron chi connectivity index (χ1n) is 10.3. The minimum absolute atomic E-state index is 0.333. The number of aromatic nitrogens is 1. The zero-order valence-corrected chi connectivity index (χ0v) is 19.5. The summed E-state index contributed by atoms with van der Waals surface area (Å²) < 4.78 is 0. The number of guanidine groups is 1. The molecule has 2 aromatic rings. The molecule has 1 unspecified atom stereocenters. The molecule has 1 aliphatic heterocycles. The Morgan fingerprint density at radius 3 is 2.84 bits per heavy atom. The molecule has 1 saturated heterocycles. The van der Waals surface area contributed by atoms with Gasteiger partial charge in [-0.05, 0) is 68.8 Å². The number of nitrogens with zero attached hydrogens (tertiary/aromatic N) is 5. The summed E-state index contributed by atoms with van der Waals surface area (Å²) >= 11 is 12.1. The quantitative estimate of drug-likeness (QED) is 0.372.